The van der Waals surface area contributed by atoms with Crippen LogP contribution in [0.15, 0.2) is 104 Å². The van der Waals surface area contributed by atoms with Gasteiger partial charge >= 0.3 is 11.4 Å². The molecule has 27 heteroatoms. The number of benzene rings is 2. The molecule has 2 amide bonds. The van der Waals surface area contributed by atoms with Crippen LogP contribution in [0.1, 0.15) is 60.2 Å². The van der Waals surface area contributed by atoms with E-state index in [-0.39, 0.29) is 62.6 Å². The molecule has 2 atom stereocenters. The standard InChI is InChI=1S/C66H78N12O15/c1-41-61(45(5)92-73-41)49-33-53-47(35-57(49)83-7)63-55(37-71-53)75(65(81)77(63)43(3)51-13-9-11-15-67-51)39-59(79)69-17-19-85-21-23-87-25-27-89-29-31-91-32-30-90-28-26-88-24-22-86-20-18-70-60(80)40-76-56-38-72-54-34-50(62-42(2)74-93-46(62)6)58(84-8)36-48(54)64(56)78(66(76)82)44(4)52-14-10-12-16-68-52/h9-16,33-38,43-44H,17-32,39-40H2,1-8H3,(H,69,79)(H,70,80). The molecule has 0 fully saturated rings. The lowest BCUT2D eigenvalue weighted by Gasteiger charge is -2.15. The molecule has 0 aliphatic rings. The number of pyridine rings is 4. The molecule has 2 N–H and O–H groups in total. The van der Waals surface area contributed by atoms with Gasteiger partial charge in [0.1, 0.15) is 36.1 Å². The topological polar surface area (TPSA) is 299 Å². The molecule has 2 unspecified atom stereocenters. The fraction of sp³-hybridized carbons (Fsp3) is 0.424. The van der Waals surface area contributed by atoms with Crippen LogP contribution in [0.25, 0.3) is 66.1 Å². The number of aromatic nitrogens is 10. The Balaban J connectivity index is 0.559. The van der Waals surface area contributed by atoms with Crippen molar-refractivity contribution in [3.63, 3.8) is 0 Å². The number of fused-ring (bicyclic) bond motifs is 6. The molecule has 0 aliphatic carbocycles. The zero-order valence-corrected chi connectivity index (χ0v) is 53.6. The highest BCUT2D eigenvalue weighted by Gasteiger charge is 2.28. The van der Waals surface area contributed by atoms with Gasteiger partial charge in [-0.15, -0.1) is 0 Å². The van der Waals surface area contributed by atoms with Gasteiger partial charge in [-0.05, 0) is 90.1 Å². The minimum atomic E-state index is -0.484. The van der Waals surface area contributed by atoms with Crippen LogP contribution in [0, 0.1) is 27.7 Å². The summed E-state index contributed by atoms with van der Waals surface area (Å²) in [4.78, 5) is 74.0. The summed E-state index contributed by atoms with van der Waals surface area (Å²) in [6.07, 6.45) is 6.60. The van der Waals surface area contributed by atoms with Gasteiger partial charge in [0, 0.05) is 47.4 Å². The molecule has 10 rings (SSSR count). The lowest BCUT2D eigenvalue weighted by atomic mass is 10.00. The molecule has 0 saturated carbocycles. The summed E-state index contributed by atoms with van der Waals surface area (Å²) in [7, 11) is 3.17. The highest BCUT2D eigenvalue weighted by Crippen LogP contribution is 2.41. The van der Waals surface area contributed by atoms with E-state index in [1.54, 1.807) is 48.1 Å². The van der Waals surface area contributed by atoms with Crippen LogP contribution in [0.4, 0.5) is 0 Å². The third kappa shape index (κ3) is 15.5. The molecule has 8 aromatic heterocycles. The zero-order valence-electron chi connectivity index (χ0n) is 53.6. The zero-order chi connectivity index (χ0) is 65.4. The van der Waals surface area contributed by atoms with Gasteiger partial charge in [-0.25, -0.2) is 9.59 Å². The molecule has 0 spiro atoms. The van der Waals surface area contributed by atoms with E-state index in [4.69, 9.17) is 61.6 Å². The molecule has 0 aliphatic heterocycles. The van der Waals surface area contributed by atoms with Crippen molar-refractivity contribution >= 4 is 55.7 Å². The number of hydrogen-bond acceptors (Lipinski definition) is 21. The van der Waals surface area contributed by atoms with E-state index in [0.717, 1.165) is 22.3 Å². The summed E-state index contributed by atoms with van der Waals surface area (Å²) in [6.45, 7) is 16.1. The van der Waals surface area contributed by atoms with Gasteiger partial charge in [0.25, 0.3) is 0 Å². The first kappa shape index (κ1) is 66.7. The number of ether oxygens (including phenoxy) is 9. The largest absolute Gasteiger partial charge is 0.496 e. The van der Waals surface area contributed by atoms with Crippen LogP contribution in [-0.2, 0) is 55.8 Å². The number of carbonyl (C=O) groups excluding carboxylic acids is 2. The Bertz CT molecular complexity index is 3980. The minimum absolute atomic E-state index is 0.228. The number of carbonyl (C=O) groups is 2. The van der Waals surface area contributed by atoms with E-state index in [9.17, 15) is 19.2 Å². The van der Waals surface area contributed by atoms with Crippen molar-refractivity contribution in [1.82, 2.24) is 59.2 Å². The van der Waals surface area contributed by atoms with Crippen molar-refractivity contribution in [3.8, 4) is 33.8 Å². The average Bonchev–Trinajstić information content (AvgIpc) is 1.62. The Morgan fingerprint density at radius 1 is 0.495 bits per heavy atom. The normalized spacial score (nSPS) is 12.4. The molecule has 0 bridgehead atoms. The minimum Gasteiger partial charge on any atom is -0.496 e. The van der Waals surface area contributed by atoms with E-state index in [1.165, 1.54) is 9.13 Å². The maximum absolute atomic E-state index is 14.3. The number of methoxy groups -OCH3 is 2. The van der Waals surface area contributed by atoms with Gasteiger partial charge in [0.2, 0.25) is 11.8 Å². The molecule has 0 radical (unpaired) electrons. The fourth-order valence-corrected chi connectivity index (χ4v) is 11.3. The summed E-state index contributed by atoms with van der Waals surface area (Å²) in [5, 5.41) is 15.3. The van der Waals surface area contributed by atoms with Gasteiger partial charge in [-0.2, -0.15) is 0 Å². The van der Waals surface area contributed by atoms with Crippen LogP contribution in [0.3, 0.4) is 0 Å². The van der Waals surface area contributed by atoms with Gasteiger partial charge in [0.05, 0.1) is 198 Å². The maximum atomic E-state index is 14.3. The Hall–Kier alpha value is -9.22. The number of amides is 2. The van der Waals surface area contributed by atoms with Crippen LogP contribution in [0.2, 0.25) is 0 Å². The highest BCUT2D eigenvalue weighted by atomic mass is 16.6. The Kier molecular flexibility index (Phi) is 22.9. The quantitative estimate of drug-likeness (QED) is 0.0389. The smallest absolute Gasteiger partial charge is 0.330 e. The van der Waals surface area contributed by atoms with Crippen LogP contribution in [0.5, 0.6) is 11.5 Å². The molecule has 27 nitrogen and oxygen atoms in total. The summed E-state index contributed by atoms with van der Waals surface area (Å²) >= 11 is 0. The van der Waals surface area contributed by atoms with Crippen LogP contribution < -0.4 is 31.5 Å². The van der Waals surface area contributed by atoms with Crippen LogP contribution in [-0.4, -0.2) is 180 Å². The molecular formula is C66H78N12O15. The van der Waals surface area contributed by atoms with Gasteiger partial charge in [-0.1, -0.05) is 22.4 Å². The summed E-state index contributed by atoms with van der Waals surface area (Å²) in [5.74, 6) is 1.65. The lowest BCUT2D eigenvalue weighted by Crippen LogP contribution is -2.35. The number of nitrogens with one attached hydrogen (secondary N) is 2. The fourth-order valence-electron chi connectivity index (χ4n) is 11.3. The van der Waals surface area contributed by atoms with Gasteiger partial charge in [-0.3, -0.25) is 47.8 Å². The number of imidazole rings is 2. The average molecular weight is 1280 g/mol. The number of aryl methyl sites for hydroxylation is 4. The Morgan fingerprint density at radius 2 is 0.849 bits per heavy atom. The molecule has 8 heterocycles. The maximum Gasteiger partial charge on any atom is 0.330 e. The highest BCUT2D eigenvalue weighted by molar-refractivity contribution is 6.06. The predicted molar refractivity (Wildman–Crippen MR) is 344 cm³/mol. The summed E-state index contributed by atoms with van der Waals surface area (Å²) in [6, 6.07) is 17.6. The Labute approximate surface area is 535 Å². The predicted octanol–water partition coefficient (Wildman–Crippen LogP) is 6.63. The van der Waals surface area contributed by atoms with Crippen molar-refractivity contribution in [3.05, 3.63) is 141 Å². The van der Waals surface area contributed by atoms with Crippen molar-refractivity contribution in [1.29, 1.82) is 0 Å². The number of nitrogens with zero attached hydrogens (tertiary/aromatic N) is 10. The van der Waals surface area contributed by atoms with Crippen molar-refractivity contribution in [2.45, 2.75) is 66.7 Å². The molecule has 2 aromatic carbocycles. The number of rotatable bonds is 36. The number of hydrogen-bond donors (Lipinski definition) is 2. The van der Waals surface area contributed by atoms with Gasteiger partial charge in [0.15, 0.2) is 0 Å². The second kappa shape index (κ2) is 31.9. The van der Waals surface area contributed by atoms with Crippen molar-refractivity contribution in [2.75, 3.05) is 120 Å². The summed E-state index contributed by atoms with van der Waals surface area (Å²) < 4.78 is 68.2. The third-order valence-electron chi connectivity index (χ3n) is 15.8. The van der Waals surface area contributed by atoms with E-state index in [0.29, 0.717) is 169 Å². The van der Waals surface area contributed by atoms with Crippen molar-refractivity contribution < 1.29 is 61.3 Å². The van der Waals surface area contributed by atoms with Gasteiger partial charge < -0.3 is 62.3 Å². The van der Waals surface area contributed by atoms with E-state index in [2.05, 4.69) is 30.9 Å². The SMILES string of the molecule is COc1cc2c(cc1-c1c(C)noc1C)ncc1c2n(C(C)c2ccccn2)c(=O)n1CC(=O)NCCOCCOCCOCCOCCOCCOCCOCCNC(=O)Cn1c(=O)n(C(C)c2ccccn2)c2c3cc(OC)c(-c4c(C)noc4C)cc3ncc21. The first-order valence-electron chi connectivity index (χ1n) is 30.8. The van der Waals surface area contributed by atoms with Crippen molar-refractivity contribution in [2.24, 2.45) is 0 Å². The van der Waals surface area contributed by atoms with Crippen LogP contribution >= 0.6 is 0 Å². The molecule has 10 aromatic rings. The molecule has 0 saturated heterocycles. The Morgan fingerprint density at radius 3 is 1.16 bits per heavy atom. The molecule has 492 valence electrons. The molecule has 93 heavy (non-hydrogen) atoms. The monoisotopic (exact) mass is 1280 g/mol. The second-order valence-electron chi connectivity index (χ2n) is 21.8. The second-order valence-corrected chi connectivity index (χ2v) is 21.8. The first-order chi connectivity index (χ1) is 45.3. The third-order valence-corrected chi connectivity index (χ3v) is 15.8. The first-order valence-corrected chi connectivity index (χ1v) is 30.8. The molecular weight excluding hydrogens is 1200 g/mol. The van der Waals surface area contributed by atoms with E-state index in [1.807, 2.05) is 102 Å². The van der Waals surface area contributed by atoms with E-state index < -0.39 is 12.1 Å². The summed E-state index contributed by atoms with van der Waals surface area (Å²) in [5.41, 5.74) is 8.52. The lowest BCUT2D eigenvalue weighted by molar-refractivity contribution is -0.122. The van der Waals surface area contributed by atoms with E-state index >= 15 is 0 Å².